The van der Waals surface area contributed by atoms with Gasteiger partial charge in [0.1, 0.15) is 5.75 Å². The molecule has 0 aliphatic carbocycles. The molecule has 0 saturated heterocycles. The molecular weight excluding hydrogens is 324 g/mol. The van der Waals surface area contributed by atoms with E-state index in [4.69, 9.17) is 4.74 Å². The summed E-state index contributed by atoms with van der Waals surface area (Å²) in [6, 6.07) is 10.8. The third-order valence-electron chi connectivity index (χ3n) is 3.72. The van der Waals surface area contributed by atoms with Crippen molar-refractivity contribution >= 4 is 29.2 Å². The molecule has 7 heteroatoms. The van der Waals surface area contributed by atoms with Crippen LogP contribution in [0.3, 0.4) is 0 Å². The molecule has 0 fully saturated rings. The quantitative estimate of drug-likeness (QED) is 0.584. The van der Waals surface area contributed by atoms with Crippen LogP contribution >= 0.6 is 0 Å². The number of fused-ring (bicyclic) bond motifs is 1. The number of amides is 2. The highest BCUT2D eigenvalue weighted by Gasteiger charge is 2.17. The third kappa shape index (κ3) is 4.14. The Hall–Kier alpha value is -3.35. The molecular formula is C18H16N2O5. The van der Waals surface area contributed by atoms with Crippen LogP contribution in [-0.2, 0) is 20.7 Å². The molecule has 25 heavy (non-hydrogen) atoms. The first-order chi connectivity index (χ1) is 12.0. The second kappa shape index (κ2) is 7.04. The van der Waals surface area contributed by atoms with Crippen LogP contribution in [0.15, 0.2) is 42.5 Å². The average Bonchev–Trinajstić information content (AvgIpc) is 2.61. The van der Waals surface area contributed by atoms with Crippen molar-refractivity contribution in [3.8, 4) is 5.75 Å². The van der Waals surface area contributed by atoms with E-state index in [0.717, 1.165) is 5.56 Å². The van der Waals surface area contributed by atoms with E-state index in [1.807, 2.05) is 0 Å². The Morgan fingerprint density at radius 1 is 1.12 bits per heavy atom. The first-order valence-corrected chi connectivity index (χ1v) is 7.70. The van der Waals surface area contributed by atoms with Gasteiger partial charge in [0, 0.05) is 17.8 Å². The monoisotopic (exact) mass is 340 g/mol. The van der Waals surface area contributed by atoms with E-state index in [1.165, 1.54) is 24.3 Å². The largest absolute Gasteiger partial charge is 0.508 e. The Labute approximate surface area is 143 Å². The first-order valence-electron chi connectivity index (χ1n) is 7.70. The topological polar surface area (TPSA) is 105 Å². The number of aryl methyl sites for hydroxylation is 1. The van der Waals surface area contributed by atoms with Gasteiger partial charge in [-0.3, -0.25) is 9.59 Å². The molecule has 1 heterocycles. The SMILES string of the molecule is O=C(COC(=O)c1ccc2c(c1)CCC(=O)N2)Nc1ccc(O)cc1. The van der Waals surface area contributed by atoms with Crippen LogP contribution < -0.4 is 10.6 Å². The van der Waals surface area contributed by atoms with Gasteiger partial charge in [-0.2, -0.15) is 0 Å². The average molecular weight is 340 g/mol. The smallest absolute Gasteiger partial charge is 0.338 e. The fourth-order valence-electron chi connectivity index (χ4n) is 2.47. The Morgan fingerprint density at radius 3 is 2.64 bits per heavy atom. The van der Waals surface area contributed by atoms with Crippen molar-refractivity contribution in [2.45, 2.75) is 12.8 Å². The van der Waals surface area contributed by atoms with Crippen LogP contribution in [0.5, 0.6) is 5.75 Å². The minimum atomic E-state index is -0.611. The zero-order chi connectivity index (χ0) is 17.8. The molecule has 0 saturated carbocycles. The molecule has 0 atom stereocenters. The Kier molecular flexibility index (Phi) is 4.65. The van der Waals surface area contributed by atoms with E-state index in [0.29, 0.717) is 29.8 Å². The van der Waals surface area contributed by atoms with Gasteiger partial charge in [-0.05, 0) is 54.4 Å². The summed E-state index contributed by atoms with van der Waals surface area (Å²) < 4.78 is 5.01. The Bertz CT molecular complexity index is 830. The molecule has 2 aromatic carbocycles. The number of esters is 1. The van der Waals surface area contributed by atoms with Crippen molar-refractivity contribution in [1.29, 1.82) is 0 Å². The van der Waals surface area contributed by atoms with Crippen LogP contribution in [0.2, 0.25) is 0 Å². The number of nitrogens with one attached hydrogen (secondary N) is 2. The number of benzene rings is 2. The second-order valence-electron chi connectivity index (χ2n) is 5.59. The van der Waals surface area contributed by atoms with Gasteiger partial charge < -0.3 is 20.5 Å². The molecule has 3 N–H and O–H groups in total. The van der Waals surface area contributed by atoms with Crippen LogP contribution in [0.1, 0.15) is 22.3 Å². The third-order valence-corrected chi connectivity index (χ3v) is 3.72. The van der Waals surface area contributed by atoms with Crippen LogP contribution in [0, 0.1) is 0 Å². The van der Waals surface area contributed by atoms with Gasteiger partial charge in [-0.25, -0.2) is 4.79 Å². The van der Waals surface area contributed by atoms with Crippen LogP contribution in [-0.4, -0.2) is 29.5 Å². The summed E-state index contributed by atoms with van der Waals surface area (Å²) in [5, 5.41) is 14.5. The maximum atomic E-state index is 12.1. The minimum absolute atomic E-state index is 0.0475. The van der Waals surface area contributed by atoms with Gasteiger partial charge in [-0.15, -0.1) is 0 Å². The van der Waals surface area contributed by atoms with Gasteiger partial charge in [0.15, 0.2) is 6.61 Å². The fourth-order valence-corrected chi connectivity index (χ4v) is 2.47. The predicted octanol–water partition coefficient (Wildman–Crippen LogP) is 2.07. The summed E-state index contributed by atoms with van der Waals surface area (Å²) >= 11 is 0. The van der Waals surface area contributed by atoms with Crippen molar-refractivity contribution in [1.82, 2.24) is 0 Å². The first kappa shape index (κ1) is 16.5. The summed E-state index contributed by atoms with van der Waals surface area (Å²) in [6.45, 7) is -0.423. The summed E-state index contributed by atoms with van der Waals surface area (Å²) in [4.78, 5) is 35.2. The number of rotatable bonds is 4. The summed E-state index contributed by atoms with van der Waals surface area (Å²) in [7, 11) is 0. The molecule has 2 amide bonds. The highest BCUT2D eigenvalue weighted by molar-refractivity contribution is 5.97. The molecule has 3 rings (SSSR count). The maximum absolute atomic E-state index is 12.1. The number of carbonyl (C=O) groups is 3. The molecule has 0 radical (unpaired) electrons. The van der Waals surface area contributed by atoms with E-state index in [2.05, 4.69) is 10.6 Å². The lowest BCUT2D eigenvalue weighted by atomic mass is 10.0. The predicted molar refractivity (Wildman–Crippen MR) is 90.4 cm³/mol. The number of hydrogen-bond donors (Lipinski definition) is 3. The van der Waals surface area contributed by atoms with E-state index in [9.17, 15) is 19.5 Å². The standard InChI is InChI=1S/C18H16N2O5/c21-14-5-3-13(4-6-14)19-17(23)10-25-18(24)12-1-7-15-11(9-12)2-8-16(22)20-15/h1,3-7,9,21H,2,8,10H2,(H,19,23)(H,20,22). The van der Waals surface area contributed by atoms with E-state index in [-0.39, 0.29) is 11.7 Å². The van der Waals surface area contributed by atoms with E-state index >= 15 is 0 Å². The Morgan fingerprint density at radius 2 is 1.88 bits per heavy atom. The molecule has 128 valence electrons. The highest BCUT2D eigenvalue weighted by atomic mass is 16.5. The van der Waals surface area contributed by atoms with Gasteiger partial charge >= 0.3 is 5.97 Å². The molecule has 0 aromatic heterocycles. The lowest BCUT2D eigenvalue weighted by Crippen LogP contribution is -2.22. The van der Waals surface area contributed by atoms with E-state index < -0.39 is 18.5 Å². The number of anilines is 2. The van der Waals surface area contributed by atoms with Crippen molar-refractivity contribution in [3.05, 3.63) is 53.6 Å². The maximum Gasteiger partial charge on any atom is 0.338 e. The van der Waals surface area contributed by atoms with E-state index in [1.54, 1.807) is 18.2 Å². The zero-order valence-corrected chi connectivity index (χ0v) is 13.2. The van der Waals surface area contributed by atoms with Gasteiger partial charge in [0.05, 0.1) is 5.56 Å². The lowest BCUT2D eigenvalue weighted by molar-refractivity contribution is -0.119. The number of hydrogen-bond acceptors (Lipinski definition) is 5. The number of aromatic hydroxyl groups is 1. The highest BCUT2D eigenvalue weighted by Crippen LogP contribution is 2.23. The number of phenolic OH excluding ortho intramolecular Hbond substituents is 1. The molecule has 2 aromatic rings. The van der Waals surface area contributed by atoms with Gasteiger partial charge in [0.2, 0.25) is 5.91 Å². The summed E-state index contributed by atoms with van der Waals surface area (Å²) in [5.41, 5.74) is 2.37. The molecule has 7 nitrogen and oxygen atoms in total. The number of carbonyl (C=O) groups excluding carboxylic acids is 3. The zero-order valence-electron chi connectivity index (χ0n) is 13.2. The summed E-state index contributed by atoms with van der Waals surface area (Å²) in [5.74, 6) is -1.05. The van der Waals surface area contributed by atoms with Gasteiger partial charge in [-0.1, -0.05) is 0 Å². The molecule has 1 aliphatic rings. The van der Waals surface area contributed by atoms with Gasteiger partial charge in [0.25, 0.3) is 5.91 Å². The molecule has 0 spiro atoms. The molecule has 0 unspecified atom stereocenters. The Balaban J connectivity index is 1.56. The molecule has 1 aliphatic heterocycles. The number of ether oxygens (including phenoxy) is 1. The lowest BCUT2D eigenvalue weighted by Gasteiger charge is -2.17. The van der Waals surface area contributed by atoms with Crippen molar-refractivity contribution in [2.24, 2.45) is 0 Å². The number of phenols is 1. The minimum Gasteiger partial charge on any atom is -0.508 e. The summed E-state index contributed by atoms with van der Waals surface area (Å²) in [6.07, 6.45) is 0.935. The van der Waals surface area contributed by atoms with Crippen molar-refractivity contribution < 1.29 is 24.2 Å². The molecule has 0 bridgehead atoms. The fraction of sp³-hybridized carbons (Fsp3) is 0.167. The van der Waals surface area contributed by atoms with Crippen LogP contribution in [0.4, 0.5) is 11.4 Å². The van der Waals surface area contributed by atoms with Crippen LogP contribution in [0.25, 0.3) is 0 Å². The normalized spacial score (nSPS) is 12.7. The van der Waals surface area contributed by atoms with Crippen molar-refractivity contribution in [2.75, 3.05) is 17.2 Å². The second-order valence-corrected chi connectivity index (χ2v) is 5.59. The van der Waals surface area contributed by atoms with Crippen molar-refractivity contribution in [3.63, 3.8) is 0 Å².